The molecule has 0 radical (unpaired) electrons. The van der Waals surface area contributed by atoms with E-state index in [2.05, 4.69) is 27.9 Å². The molecule has 1 aliphatic carbocycles. The van der Waals surface area contributed by atoms with Gasteiger partial charge in [0.1, 0.15) is 19.2 Å². The van der Waals surface area contributed by atoms with Gasteiger partial charge in [-0.1, -0.05) is 61.9 Å². The summed E-state index contributed by atoms with van der Waals surface area (Å²) in [6.45, 7) is 1.75. The lowest BCUT2D eigenvalue weighted by atomic mass is 9.98. The molecule has 1 heterocycles. The molecule has 1 atom stereocenters. The number of anilines is 1. The number of fused-ring (bicyclic) bond motifs is 3. The fraction of sp³-hybridized carbons (Fsp3) is 0.280. The number of carbonyl (C=O) groups is 3. The number of carbonyl (C=O) groups excluding carboxylic acids is 2. The minimum absolute atomic E-state index is 0.0725. The van der Waals surface area contributed by atoms with Crippen LogP contribution in [0.5, 0.6) is 0 Å². The molecule has 4 rings (SSSR count). The van der Waals surface area contributed by atoms with Gasteiger partial charge in [-0.25, -0.2) is 4.79 Å². The zero-order valence-corrected chi connectivity index (χ0v) is 18.7. The maximum Gasteiger partial charge on any atom is 0.407 e. The van der Waals surface area contributed by atoms with Gasteiger partial charge in [0.25, 0.3) is 0 Å². The van der Waals surface area contributed by atoms with Crippen molar-refractivity contribution in [3.8, 4) is 11.1 Å². The molecule has 9 nitrogen and oxygen atoms in total. The molecule has 0 spiro atoms. The summed E-state index contributed by atoms with van der Waals surface area (Å²) in [6.07, 6.45) is 3.19. The number of nitrogens with one attached hydrogen (secondary N) is 2. The highest BCUT2D eigenvalue weighted by Crippen LogP contribution is 2.44. The predicted octanol–water partition coefficient (Wildman–Crippen LogP) is 3.61. The van der Waals surface area contributed by atoms with E-state index in [9.17, 15) is 14.4 Å². The number of hydrogen-bond donors (Lipinski definition) is 3. The van der Waals surface area contributed by atoms with Gasteiger partial charge in [-0.05, 0) is 28.7 Å². The molecule has 0 saturated heterocycles. The van der Waals surface area contributed by atoms with Crippen LogP contribution in [0.3, 0.4) is 0 Å². The molecule has 0 bridgehead atoms. The predicted molar refractivity (Wildman–Crippen MR) is 125 cm³/mol. The third kappa shape index (κ3) is 5.09. The quantitative estimate of drug-likeness (QED) is 0.446. The summed E-state index contributed by atoms with van der Waals surface area (Å²) >= 11 is 0. The first-order valence-corrected chi connectivity index (χ1v) is 11.1. The van der Waals surface area contributed by atoms with Crippen LogP contribution in [0, 0.1) is 0 Å². The minimum Gasteiger partial charge on any atom is -0.480 e. The lowest BCUT2D eigenvalue weighted by Gasteiger charge is -2.19. The summed E-state index contributed by atoms with van der Waals surface area (Å²) in [6, 6.07) is 15.3. The van der Waals surface area contributed by atoms with Crippen molar-refractivity contribution < 1.29 is 24.2 Å². The van der Waals surface area contributed by atoms with E-state index in [4.69, 9.17) is 9.84 Å². The van der Waals surface area contributed by atoms with E-state index in [-0.39, 0.29) is 19.1 Å². The fourth-order valence-corrected chi connectivity index (χ4v) is 4.22. The highest BCUT2D eigenvalue weighted by molar-refractivity contribution is 5.96. The van der Waals surface area contributed by atoms with Crippen molar-refractivity contribution in [1.82, 2.24) is 15.1 Å². The monoisotopic (exact) mass is 462 g/mol. The number of amides is 2. The van der Waals surface area contributed by atoms with Crippen molar-refractivity contribution in [1.29, 1.82) is 0 Å². The smallest absolute Gasteiger partial charge is 0.407 e. The Morgan fingerprint density at radius 2 is 1.74 bits per heavy atom. The average molecular weight is 463 g/mol. The van der Waals surface area contributed by atoms with E-state index in [1.54, 1.807) is 0 Å². The standard InChI is InChI=1S/C25H26N4O5/c1-2-7-22(24(32)27-16-12-26-29(13-16)14-23(30)31)28-25(33)34-15-21-19-10-5-3-8-17(19)18-9-4-6-11-20(18)21/h3-6,8-13,21-22H,2,7,14-15H2,1H3,(H,27,32)(H,28,33)(H,30,31). The molecule has 34 heavy (non-hydrogen) atoms. The van der Waals surface area contributed by atoms with E-state index < -0.39 is 24.0 Å². The molecular weight excluding hydrogens is 436 g/mol. The number of ether oxygens (including phenoxy) is 1. The normalized spacial score (nSPS) is 13.0. The maximum atomic E-state index is 12.7. The Kier molecular flexibility index (Phi) is 6.91. The summed E-state index contributed by atoms with van der Waals surface area (Å²) in [7, 11) is 0. The maximum absolute atomic E-state index is 12.7. The largest absolute Gasteiger partial charge is 0.480 e. The van der Waals surface area contributed by atoms with Crippen molar-refractivity contribution in [3.63, 3.8) is 0 Å². The Bertz CT molecular complexity index is 1160. The molecule has 1 aromatic heterocycles. The van der Waals surface area contributed by atoms with Crippen molar-refractivity contribution in [2.75, 3.05) is 11.9 Å². The SMILES string of the molecule is CCCC(NC(=O)OCC1c2ccccc2-c2ccccc21)C(=O)Nc1cnn(CC(=O)O)c1. The lowest BCUT2D eigenvalue weighted by molar-refractivity contribution is -0.137. The lowest BCUT2D eigenvalue weighted by Crippen LogP contribution is -2.44. The van der Waals surface area contributed by atoms with Crippen LogP contribution < -0.4 is 10.6 Å². The summed E-state index contributed by atoms with van der Waals surface area (Å²) in [4.78, 5) is 36.1. The van der Waals surface area contributed by atoms with Crippen molar-refractivity contribution in [2.45, 2.75) is 38.3 Å². The van der Waals surface area contributed by atoms with Crippen LogP contribution in [-0.2, 0) is 20.9 Å². The number of aliphatic carboxylic acids is 1. The molecule has 176 valence electrons. The first kappa shape index (κ1) is 23.0. The number of benzene rings is 2. The molecule has 3 N–H and O–H groups in total. The Hall–Kier alpha value is -4.14. The molecule has 1 aliphatic rings. The second-order valence-corrected chi connectivity index (χ2v) is 8.12. The highest BCUT2D eigenvalue weighted by Gasteiger charge is 2.29. The first-order valence-electron chi connectivity index (χ1n) is 11.1. The highest BCUT2D eigenvalue weighted by atomic mass is 16.5. The number of aromatic nitrogens is 2. The molecule has 9 heteroatoms. The average Bonchev–Trinajstić information content (AvgIpc) is 3.38. The van der Waals surface area contributed by atoms with Crippen LogP contribution in [-0.4, -0.2) is 45.5 Å². The fourth-order valence-electron chi connectivity index (χ4n) is 4.22. The number of nitrogens with zero attached hydrogens (tertiary/aromatic N) is 2. The van der Waals surface area contributed by atoms with E-state index >= 15 is 0 Å². The molecule has 2 amide bonds. The van der Waals surface area contributed by atoms with Crippen LogP contribution in [0.1, 0.15) is 36.8 Å². The van der Waals surface area contributed by atoms with Crippen molar-refractivity contribution >= 4 is 23.7 Å². The molecule has 3 aromatic rings. The molecule has 0 fully saturated rings. The van der Waals surface area contributed by atoms with Gasteiger partial charge in [-0.3, -0.25) is 14.3 Å². The molecular formula is C25H26N4O5. The van der Waals surface area contributed by atoms with Crippen LogP contribution >= 0.6 is 0 Å². The van der Waals surface area contributed by atoms with E-state index in [1.807, 2.05) is 43.3 Å². The van der Waals surface area contributed by atoms with Gasteiger partial charge in [0, 0.05) is 12.1 Å². The van der Waals surface area contributed by atoms with E-state index in [0.717, 1.165) is 22.3 Å². The number of rotatable bonds is 9. The third-order valence-corrected chi connectivity index (χ3v) is 5.73. The first-order chi connectivity index (χ1) is 16.5. The summed E-state index contributed by atoms with van der Waals surface area (Å²) in [5.74, 6) is -1.54. The van der Waals surface area contributed by atoms with E-state index in [0.29, 0.717) is 18.5 Å². The van der Waals surface area contributed by atoms with Crippen molar-refractivity contribution in [3.05, 3.63) is 72.1 Å². The molecule has 0 saturated carbocycles. The zero-order valence-electron chi connectivity index (χ0n) is 18.7. The second kappa shape index (κ2) is 10.2. The summed E-state index contributed by atoms with van der Waals surface area (Å²) < 4.78 is 6.75. The van der Waals surface area contributed by atoms with E-state index in [1.165, 1.54) is 17.1 Å². The molecule has 1 unspecified atom stereocenters. The van der Waals surface area contributed by atoms with Gasteiger partial charge in [-0.15, -0.1) is 0 Å². The Balaban J connectivity index is 1.37. The Morgan fingerprint density at radius 1 is 1.09 bits per heavy atom. The van der Waals surface area contributed by atoms with Crippen LogP contribution in [0.2, 0.25) is 0 Å². The second-order valence-electron chi connectivity index (χ2n) is 8.12. The number of carboxylic acids is 1. The Morgan fingerprint density at radius 3 is 2.35 bits per heavy atom. The van der Waals surface area contributed by atoms with Gasteiger partial charge in [0.05, 0.1) is 11.9 Å². The van der Waals surface area contributed by atoms with Gasteiger partial charge < -0.3 is 20.5 Å². The number of alkyl carbamates (subject to hydrolysis) is 1. The van der Waals surface area contributed by atoms with Crippen molar-refractivity contribution in [2.24, 2.45) is 0 Å². The topological polar surface area (TPSA) is 123 Å². The van der Waals surface area contributed by atoms with Crippen LogP contribution in [0.25, 0.3) is 11.1 Å². The molecule has 2 aromatic carbocycles. The van der Waals surface area contributed by atoms with Gasteiger partial charge in [0.15, 0.2) is 0 Å². The summed E-state index contributed by atoms with van der Waals surface area (Å²) in [5, 5.41) is 18.1. The zero-order chi connectivity index (χ0) is 24.1. The number of hydrogen-bond acceptors (Lipinski definition) is 5. The van der Waals surface area contributed by atoms with Gasteiger partial charge in [-0.2, -0.15) is 5.10 Å². The van der Waals surface area contributed by atoms with Crippen LogP contribution in [0.4, 0.5) is 10.5 Å². The molecule has 0 aliphatic heterocycles. The minimum atomic E-state index is -1.04. The van der Waals surface area contributed by atoms with Gasteiger partial charge in [0.2, 0.25) is 5.91 Å². The van der Waals surface area contributed by atoms with Crippen LogP contribution in [0.15, 0.2) is 60.9 Å². The Labute approximate surface area is 196 Å². The summed E-state index contributed by atoms with van der Waals surface area (Å²) in [5.41, 5.74) is 4.84. The third-order valence-electron chi connectivity index (χ3n) is 5.73. The van der Waals surface area contributed by atoms with Gasteiger partial charge >= 0.3 is 12.1 Å². The number of carboxylic acid groups (broad SMARTS) is 1.